The first-order chi connectivity index (χ1) is 10.7. The Balaban J connectivity index is 1.73. The van der Waals surface area contributed by atoms with Crippen LogP contribution in [0.25, 0.3) is 0 Å². The van der Waals surface area contributed by atoms with Crippen molar-refractivity contribution in [2.24, 2.45) is 0 Å². The molecule has 0 aliphatic rings. The fourth-order valence-corrected chi connectivity index (χ4v) is 2.25. The first-order valence-corrected chi connectivity index (χ1v) is 7.56. The number of carbonyl (C=O) groups is 2. The number of benzene rings is 2. The van der Waals surface area contributed by atoms with Gasteiger partial charge in [-0.05, 0) is 11.5 Å². The number of carbonyl (C=O) groups excluding carboxylic acids is 2. The van der Waals surface area contributed by atoms with E-state index >= 15 is 0 Å². The lowest BCUT2D eigenvalue weighted by Gasteiger charge is -2.13. The summed E-state index contributed by atoms with van der Waals surface area (Å²) in [5.74, 6) is 0.189. The highest BCUT2D eigenvalue weighted by Crippen LogP contribution is 2.13. The summed E-state index contributed by atoms with van der Waals surface area (Å²) < 4.78 is 0. The molecule has 114 valence electrons. The maximum absolute atomic E-state index is 11.9. The van der Waals surface area contributed by atoms with Gasteiger partial charge in [-0.3, -0.25) is 9.59 Å². The molecule has 0 radical (unpaired) electrons. The van der Waals surface area contributed by atoms with Crippen LogP contribution in [-0.2, 0) is 4.79 Å². The van der Waals surface area contributed by atoms with Gasteiger partial charge in [0.25, 0.3) is 0 Å². The average Bonchev–Trinajstić information content (AvgIpc) is 2.59. The van der Waals surface area contributed by atoms with Gasteiger partial charge in [-0.2, -0.15) is 0 Å². The summed E-state index contributed by atoms with van der Waals surface area (Å²) in [6.45, 7) is 2.66. The molecule has 0 saturated heterocycles. The predicted molar refractivity (Wildman–Crippen MR) is 87.9 cm³/mol. The largest absolute Gasteiger partial charge is 0.355 e. The van der Waals surface area contributed by atoms with Crippen molar-refractivity contribution in [2.75, 3.05) is 6.54 Å². The summed E-state index contributed by atoms with van der Waals surface area (Å²) in [6.07, 6.45) is 0.477. The maximum atomic E-state index is 11.9. The number of nitrogens with one attached hydrogen (secondary N) is 1. The van der Waals surface area contributed by atoms with Gasteiger partial charge in [0.2, 0.25) is 5.91 Å². The molecule has 1 atom stereocenters. The van der Waals surface area contributed by atoms with Crippen molar-refractivity contribution in [3.05, 3.63) is 71.8 Å². The molecule has 0 fully saturated rings. The minimum Gasteiger partial charge on any atom is -0.355 e. The van der Waals surface area contributed by atoms with Crippen LogP contribution in [0.3, 0.4) is 0 Å². The lowest BCUT2D eigenvalue weighted by atomic mass is 10.0. The topological polar surface area (TPSA) is 46.2 Å². The second-order valence-electron chi connectivity index (χ2n) is 5.41. The molecule has 22 heavy (non-hydrogen) atoms. The monoisotopic (exact) mass is 295 g/mol. The highest BCUT2D eigenvalue weighted by Gasteiger charge is 2.10. The lowest BCUT2D eigenvalue weighted by Crippen LogP contribution is -2.27. The van der Waals surface area contributed by atoms with E-state index in [2.05, 4.69) is 24.4 Å². The molecule has 2 aromatic carbocycles. The molecule has 2 aromatic rings. The Hall–Kier alpha value is -2.42. The molecule has 1 unspecified atom stereocenters. The second-order valence-corrected chi connectivity index (χ2v) is 5.41. The summed E-state index contributed by atoms with van der Waals surface area (Å²) in [6, 6.07) is 19.1. The molecular weight excluding hydrogens is 274 g/mol. The first-order valence-electron chi connectivity index (χ1n) is 7.56. The Morgan fingerprint density at radius 2 is 1.50 bits per heavy atom. The van der Waals surface area contributed by atoms with Gasteiger partial charge in [0.15, 0.2) is 5.78 Å². The van der Waals surface area contributed by atoms with E-state index in [1.165, 1.54) is 5.56 Å². The fraction of sp³-hybridized carbons (Fsp3) is 0.263. The van der Waals surface area contributed by atoms with Gasteiger partial charge in [-0.25, -0.2) is 0 Å². The van der Waals surface area contributed by atoms with Gasteiger partial charge in [-0.1, -0.05) is 67.6 Å². The van der Waals surface area contributed by atoms with Crippen molar-refractivity contribution in [2.45, 2.75) is 25.7 Å². The zero-order valence-electron chi connectivity index (χ0n) is 12.8. The van der Waals surface area contributed by atoms with Gasteiger partial charge >= 0.3 is 0 Å². The molecule has 0 saturated carbocycles. The third kappa shape index (κ3) is 4.85. The highest BCUT2D eigenvalue weighted by molar-refractivity contribution is 5.97. The standard InChI is InChI=1S/C19H21NO2/c1-15(16-8-4-2-5-9-16)14-20-19(22)13-12-18(21)17-10-6-3-7-11-17/h2-11,15H,12-14H2,1H3,(H,20,22). The maximum Gasteiger partial charge on any atom is 0.220 e. The third-order valence-electron chi connectivity index (χ3n) is 3.65. The van der Waals surface area contributed by atoms with Crippen molar-refractivity contribution in [3.63, 3.8) is 0 Å². The number of Topliss-reactive ketones (excluding diaryl/α,β-unsaturated/α-hetero) is 1. The van der Waals surface area contributed by atoms with Crippen LogP contribution in [0.15, 0.2) is 60.7 Å². The molecule has 0 heterocycles. The summed E-state index contributed by atoms with van der Waals surface area (Å²) >= 11 is 0. The normalized spacial score (nSPS) is 11.7. The van der Waals surface area contributed by atoms with Crippen LogP contribution in [0, 0.1) is 0 Å². The van der Waals surface area contributed by atoms with Crippen molar-refractivity contribution < 1.29 is 9.59 Å². The number of ketones is 1. The molecule has 1 N–H and O–H groups in total. The molecule has 0 spiro atoms. The van der Waals surface area contributed by atoms with Crippen molar-refractivity contribution >= 4 is 11.7 Å². The fourth-order valence-electron chi connectivity index (χ4n) is 2.25. The molecule has 3 nitrogen and oxygen atoms in total. The second kappa shape index (κ2) is 8.13. The predicted octanol–water partition coefficient (Wildman–Crippen LogP) is 3.57. The van der Waals surface area contributed by atoms with E-state index in [1.54, 1.807) is 12.1 Å². The number of amides is 1. The van der Waals surface area contributed by atoms with Crippen molar-refractivity contribution in [3.8, 4) is 0 Å². The van der Waals surface area contributed by atoms with Crippen LogP contribution in [0.2, 0.25) is 0 Å². The van der Waals surface area contributed by atoms with Crippen LogP contribution >= 0.6 is 0 Å². The lowest BCUT2D eigenvalue weighted by molar-refractivity contribution is -0.121. The Morgan fingerprint density at radius 1 is 0.909 bits per heavy atom. The smallest absolute Gasteiger partial charge is 0.220 e. The number of hydrogen-bond donors (Lipinski definition) is 1. The van der Waals surface area contributed by atoms with E-state index in [0.717, 1.165) is 0 Å². The summed E-state index contributed by atoms with van der Waals surface area (Å²) in [7, 11) is 0. The van der Waals surface area contributed by atoms with E-state index in [-0.39, 0.29) is 30.4 Å². The van der Waals surface area contributed by atoms with Gasteiger partial charge < -0.3 is 5.32 Å². The SMILES string of the molecule is CC(CNC(=O)CCC(=O)c1ccccc1)c1ccccc1. The number of hydrogen-bond acceptors (Lipinski definition) is 2. The van der Waals surface area contributed by atoms with Crippen LogP contribution in [-0.4, -0.2) is 18.2 Å². The molecule has 2 rings (SSSR count). The van der Waals surface area contributed by atoms with Crippen LogP contribution < -0.4 is 5.32 Å². The summed E-state index contributed by atoms with van der Waals surface area (Å²) in [5, 5.41) is 2.90. The minimum atomic E-state index is -0.0768. The van der Waals surface area contributed by atoms with Gasteiger partial charge in [0, 0.05) is 24.9 Å². The van der Waals surface area contributed by atoms with Crippen LogP contribution in [0.4, 0.5) is 0 Å². The quantitative estimate of drug-likeness (QED) is 0.794. The van der Waals surface area contributed by atoms with E-state index in [9.17, 15) is 9.59 Å². The van der Waals surface area contributed by atoms with E-state index in [4.69, 9.17) is 0 Å². The summed E-state index contributed by atoms with van der Waals surface area (Å²) in [4.78, 5) is 23.8. The highest BCUT2D eigenvalue weighted by atomic mass is 16.2. The van der Waals surface area contributed by atoms with Crippen molar-refractivity contribution in [1.82, 2.24) is 5.32 Å². The minimum absolute atomic E-state index is 0.00635. The molecule has 3 heteroatoms. The molecule has 0 aliphatic heterocycles. The zero-order chi connectivity index (χ0) is 15.8. The Bertz CT molecular complexity index is 608. The van der Waals surface area contributed by atoms with Gasteiger partial charge in [0.1, 0.15) is 0 Å². The van der Waals surface area contributed by atoms with E-state index in [1.807, 2.05) is 36.4 Å². The molecule has 0 bridgehead atoms. The van der Waals surface area contributed by atoms with Gasteiger partial charge in [-0.15, -0.1) is 0 Å². The van der Waals surface area contributed by atoms with E-state index < -0.39 is 0 Å². The summed E-state index contributed by atoms with van der Waals surface area (Å²) in [5.41, 5.74) is 1.86. The Labute approximate surface area is 131 Å². The Kier molecular flexibility index (Phi) is 5.90. The van der Waals surface area contributed by atoms with Crippen LogP contribution in [0.1, 0.15) is 41.6 Å². The molecular formula is C19H21NO2. The third-order valence-corrected chi connectivity index (χ3v) is 3.65. The molecule has 0 aromatic heterocycles. The Morgan fingerprint density at radius 3 is 2.14 bits per heavy atom. The molecule has 0 aliphatic carbocycles. The number of rotatable bonds is 7. The zero-order valence-corrected chi connectivity index (χ0v) is 12.8. The van der Waals surface area contributed by atoms with Crippen LogP contribution in [0.5, 0.6) is 0 Å². The molecule has 1 amide bonds. The van der Waals surface area contributed by atoms with Crippen molar-refractivity contribution in [1.29, 1.82) is 0 Å². The average molecular weight is 295 g/mol. The van der Waals surface area contributed by atoms with Gasteiger partial charge in [0.05, 0.1) is 0 Å². The first kappa shape index (κ1) is 16.0. The van der Waals surface area contributed by atoms with E-state index in [0.29, 0.717) is 12.1 Å².